The first-order chi connectivity index (χ1) is 7.20. The fourth-order valence-electron chi connectivity index (χ4n) is 0.881. The highest BCUT2D eigenvalue weighted by Crippen LogP contribution is 2.38. The van der Waals surface area contributed by atoms with Gasteiger partial charge in [0, 0.05) is 6.07 Å². The molecule has 0 saturated carbocycles. The molecule has 0 unspecified atom stereocenters. The van der Waals surface area contributed by atoms with E-state index in [9.17, 15) is 22.0 Å². The molecule has 90 valence electrons. The average Bonchev–Trinajstić information content (AvgIpc) is 1.96. The van der Waals surface area contributed by atoms with E-state index in [2.05, 4.69) is 25.7 Å². The molecule has 0 bridgehead atoms. The van der Waals surface area contributed by atoms with E-state index in [0.717, 1.165) is 0 Å². The first-order valence-corrected chi connectivity index (χ1v) is 4.77. The summed E-state index contributed by atoms with van der Waals surface area (Å²) in [7, 11) is 0. The molecule has 1 aromatic rings. The zero-order valence-electron chi connectivity index (χ0n) is 7.16. The van der Waals surface area contributed by atoms with Crippen molar-refractivity contribution in [1.82, 2.24) is 4.98 Å². The van der Waals surface area contributed by atoms with E-state index < -0.39 is 33.9 Å². The molecule has 0 fully saturated rings. The molecule has 1 aromatic heterocycles. The maximum Gasteiger partial charge on any atom is 0.573 e. The SMILES string of the molecule is FC(F)c1c(OC(F)(F)F)cc(Cl)nc1Br. The Morgan fingerprint density at radius 1 is 1.38 bits per heavy atom. The van der Waals surface area contributed by atoms with Crippen LogP contribution in [0.5, 0.6) is 5.75 Å². The lowest BCUT2D eigenvalue weighted by atomic mass is 10.3. The Bertz CT molecular complexity index is 397. The standard InChI is InChI=1S/C7H2BrClF5NO/c8-5-4(6(10)11)2(1-3(9)15-5)16-7(12,13)14/h1,6H. The van der Waals surface area contributed by atoms with Gasteiger partial charge in [-0.2, -0.15) is 0 Å². The monoisotopic (exact) mass is 325 g/mol. The topological polar surface area (TPSA) is 22.1 Å². The van der Waals surface area contributed by atoms with Crippen LogP contribution in [0.3, 0.4) is 0 Å². The van der Waals surface area contributed by atoms with E-state index in [1.165, 1.54) is 0 Å². The molecule has 0 aliphatic heterocycles. The molecule has 0 spiro atoms. The minimum absolute atomic E-state index is 0.393. The molecule has 2 nitrogen and oxygen atoms in total. The van der Waals surface area contributed by atoms with Gasteiger partial charge in [0.2, 0.25) is 0 Å². The molecule has 0 radical (unpaired) electrons. The highest BCUT2D eigenvalue weighted by Gasteiger charge is 2.34. The van der Waals surface area contributed by atoms with E-state index >= 15 is 0 Å². The van der Waals surface area contributed by atoms with Crippen LogP contribution >= 0.6 is 27.5 Å². The Hall–Kier alpha value is -0.630. The van der Waals surface area contributed by atoms with Gasteiger partial charge in [0.1, 0.15) is 15.5 Å². The molecular weight excluding hydrogens is 324 g/mol. The van der Waals surface area contributed by atoms with Crippen molar-refractivity contribution in [1.29, 1.82) is 0 Å². The van der Waals surface area contributed by atoms with Gasteiger partial charge in [-0.25, -0.2) is 13.8 Å². The summed E-state index contributed by atoms with van der Waals surface area (Å²) < 4.78 is 63.5. The molecule has 16 heavy (non-hydrogen) atoms. The van der Waals surface area contributed by atoms with Gasteiger partial charge < -0.3 is 4.74 Å². The predicted molar refractivity (Wildman–Crippen MR) is 48.6 cm³/mol. The first-order valence-electron chi connectivity index (χ1n) is 3.60. The summed E-state index contributed by atoms with van der Waals surface area (Å²) in [6, 6.07) is 0.571. The van der Waals surface area contributed by atoms with Crippen molar-refractivity contribution in [2.75, 3.05) is 0 Å². The molecule has 0 aromatic carbocycles. The molecule has 0 saturated heterocycles. The van der Waals surface area contributed by atoms with Gasteiger partial charge in [0.05, 0.1) is 5.56 Å². The van der Waals surface area contributed by atoms with Crippen LogP contribution in [-0.2, 0) is 0 Å². The zero-order valence-corrected chi connectivity index (χ0v) is 9.50. The van der Waals surface area contributed by atoms with Gasteiger partial charge in [-0.3, -0.25) is 0 Å². The van der Waals surface area contributed by atoms with Crippen LogP contribution in [0.2, 0.25) is 5.15 Å². The highest BCUT2D eigenvalue weighted by atomic mass is 79.9. The van der Waals surface area contributed by atoms with Crippen LogP contribution in [0, 0.1) is 0 Å². The molecule has 0 aliphatic rings. The van der Waals surface area contributed by atoms with E-state index in [-0.39, 0.29) is 0 Å². The molecule has 0 atom stereocenters. The van der Waals surface area contributed by atoms with Crippen LogP contribution in [-0.4, -0.2) is 11.3 Å². The van der Waals surface area contributed by atoms with Gasteiger partial charge in [-0.1, -0.05) is 11.6 Å². The fraction of sp³-hybridized carbons (Fsp3) is 0.286. The predicted octanol–water partition coefficient (Wildman–Crippen LogP) is 4.33. The summed E-state index contributed by atoms with van der Waals surface area (Å²) in [6.45, 7) is 0. The number of ether oxygens (including phenoxy) is 1. The third-order valence-electron chi connectivity index (χ3n) is 1.39. The number of aromatic nitrogens is 1. The summed E-state index contributed by atoms with van der Waals surface area (Å²) in [5.41, 5.74) is -0.998. The molecule has 9 heteroatoms. The summed E-state index contributed by atoms with van der Waals surface area (Å²) >= 11 is 7.91. The number of hydrogen-bond donors (Lipinski definition) is 0. The van der Waals surface area contributed by atoms with Gasteiger partial charge in [-0.05, 0) is 15.9 Å². The fourth-order valence-corrected chi connectivity index (χ4v) is 1.73. The normalized spacial score (nSPS) is 12.0. The second-order valence-electron chi connectivity index (χ2n) is 2.50. The van der Waals surface area contributed by atoms with Crippen molar-refractivity contribution in [3.63, 3.8) is 0 Å². The minimum atomic E-state index is -5.08. The lowest BCUT2D eigenvalue weighted by molar-refractivity contribution is -0.275. The van der Waals surface area contributed by atoms with Crippen LogP contribution in [0.15, 0.2) is 10.7 Å². The van der Waals surface area contributed by atoms with Gasteiger partial charge in [0.15, 0.2) is 0 Å². The van der Waals surface area contributed by atoms with Crippen molar-refractivity contribution in [3.8, 4) is 5.75 Å². The number of nitrogens with zero attached hydrogens (tertiary/aromatic N) is 1. The van der Waals surface area contributed by atoms with Crippen LogP contribution in [0.1, 0.15) is 12.0 Å². The molecular formula is C7H2BrClF5NO. The molecule has 1 rings (SSSR count). The summed E-state index contributed by atoms with van der Waals surface area (Å²) in [4.78, 5) is 3.34. The Labute approximate surface area is 99.5 Å². The van der Waals surface area contributed by atoms with Crippen LogP contribution in [0.25, 0.3) is 0 Å². The van der Waals surface area contributed by atoms with E-state index in [4.69, 9.17) is 11.6 Å². The maximum absolute atomic E-state index is 12.4. The van der Waals surface area contributed by atoms with Crippen molar-refractivity contribution in [2.24, 2.45) is 0 Å². The molecule has 1 heterocycles. The summed E-state index contributed by atoms with van der Waals surface area (Å²) in [6.07, 6.45) is -8.25. The number of pyridine rings is 1. The Morgan fingerprint density at radius 2 is 1.94 bits per heavy atom. The number of alkyl halides is 5. The third kappa shape index (κ3) is 3.44. The van der Waals surface area contributed by atoms with Gasteiger partial charge in [-0.15, -0.1) is 13.2 Å². The van der Waals surface area contributed by atoms with E-state index in [1.807, 2.05) is 0 Å². The average molecular weight is 326 g/mol. The highest BCUT2D eigenvalue weighted by molar-refractivity contribution is 9.10. The third-order valence-corrected chi connectivity index (χ3v) is 2.18. The van der Waals surface area contributed by atoms with E-state index in [1.54, 1.807) is 0 Å². The van der Waals surface area contributed by atoms with Gasteiger partial charge >= 0.3 is 6.36 Å². The quantitative estimate of drug-likeness (QED) is 0.596. The Morgan fingerprint density at radius 3 is 2.38 bits per heavy atom. The minimum Gasteiger partial charge on any atom is -0.405 e. The van der Waals surface area contributed by atoms with Crippen molar-refractivity contribution in [2.45, 2.75) is 12.8 Å². The molecule has 0 amide bonds. The van der Waals surface area contributed by atoms with Gasteiger partial charge in [0.25, 0.3) is 6.43 Å². The maximum atomic E-state index is 12.4. The van der Waals surface area contributed by atoms with Crippen molar-refractivity contribution in [3.05, 3.63) is 21.4 Å². The second kappa shape index (κ2) is 4.70. The van der Waals surface area contributed by atoms with Crippen molar-refractivity contribution >= 4 is 27.5 Å². The summed E-state index contributed by atoms with van der Waals surface area (Å²) in [5.74, 6) is -1.07. The zero-order chi connectivity index (χ0) is 12.5. The largest absolute Gasteiger partial charge is 0.573 e. The molecule has 0 N–H and O–H groups in total. The lowest BCUT2D eigenvalue weighted by Crippen LogP contribution is -2.18. The van der Waals surface area contributed by atoms with Crippen molar-refractivity contribution < 1.29 is 26.7 Å². The Kier molecular flexibility index (Phi) is 3.95. The Balaban J connectivity index is 3.24. The molecule has 0 aliphatic carbocycles. The number of rotatable bonds is 2. The van der Waals surface area contributed by atoms with Crippen LogP contribution < -0.4 is 4.74 Å². The lowest BCUT2D eigenvalue weighted by Gasteiger charge is -2.13. The first kappa shape index (κ1) is 13.4. The smallest absolute Gasteiger partial charge is 0.405 e. The summed E-state index contributed by atoms with van der Waals surface area (Å²) in [5, 5.41) is -0.393. The van der Waals surface area contributed by atoms with E-state index in [0.29, 0.717) is 6.07 Å². The second-order valence-corrected chi connectivity index (χ2v) is 3.63. The number of halogens is 7. The van der Waals surface area contributed by atoms with Crippen LogP contribution in [0.4, 0.5) is 22.0 Å². The number of hydrogen-bond acceptors (Lipinski definition) is 2.